The Hall–Kier alpha value is -3.41. The number of aromatic nitrogens is 2. The van der Waals surface area contributed by atoms with Crippen LogP contribution < -0.4 is 16.4 Å². The summed E-state index contributed by atoms with van der Waals surface area (Å²) in [5.41, 5.74) is 8.87. The van der Waals surface area contributed by atoms with Crippen LogP contribution in [0, 0.1) is 0 Å². The molecular formula is C19H17N5O. The fourth-order valence-electron chi connectivity index (χ4n) is 3.07. The largest absolute Gasteiger partial charge is 0.383 e. The van der Waals surface area contributed by atoms with Crippen LogP contribution in [0.1, 0.15) is 23.5 Å². The number of anilines is 4. The van der Waals surface area contributed by atoms with Gasteiger partial charge in [0, 0.05) is 23.6 Å². The minimum Gasteiger partial charge on any atom is -0.383 e. The molecule has 3 aromatic rings. The quantitative estimate of drug-likeness (QED) is 0.685. The summed E-state index contributed by atoms with van der Waals surface area (Å²) in [6.07, 6.45) is 0.329. The molecule has 25 heavy (non-hydrogen) atoms. The minimum atomic E-state index is -0.143. The third-order valence-electron chi connectivity index (χ3n) is 4.20. The number of amides is 1. The van der Waals surface area contributed by atoms with Crippen LogP contribution in [0.4, 0.5) is 23.3 Å². The highest BCUT2D eigenvalue weighted by atomic mass is 16.1. The Labute approximate surface area is 145 Å². The van der Waals surface area contributed by atoms with E-state index in [0.29, 0.717) is 24.0 Å². The molecule has 4 rings (SSSR count). The number of carbonyl (C=O) groups is 1. The molecule has 0 aliphatic carbocycles. The van der Waals surface area contributed by atoms with Crippen molar-refractivity contribution in [2.75, 3.05) is 16.4 Å². The Morgan fingerprint density at radius 1 is 1.00 bits per heavy atom. The Morgan fingerprint density at radius 3 is 2.40 bits per heavy atom. The lowest BCUT2D eigenvalue weighted by atomic mass is 9.86. The second-order valence-corrected chi connectivity index (χ2v) is 5.90. The van der Waals surface area contributed by atoms with E-state index in [1.54, 1.807) is 0 Å². The molecule has 6 heteroatoms. The first-order valence-corrected chi connectivity index (χ1v) is 8.05. The number of nitrogens with one attached hydrogen (secondary N) is 2. The van der Waals surface area contributed by atoms with Crippen LogP contribution >= 0.6 is 0 Å². The fraction of sp³-hybridized carbons (Fsp3) is 0.105. The predicted molar refractivity (Wildman–Crippen MR) is 97.7 cm³/mol. The second kappa shape index (κ2) is 6.24. The molecule has 0 saturated carbocycles. The lowest BCUT2D eigenvalue weighted by molar-refractivity contribution is -0.116. The van der Waals surface area contributed by atoms with Gasteiger partial charge in [-0.15, -0.1) is 0 Å². The number of carbonyl (C=O) groups excluding carboxylic acids is 1. The SMILES string of the molecule is Nc1nc(Nc2ccccc2)nc2c1C(c1ccccc1)CC(=O)N2. The first-order chi connectivity index (χ1) is 12.2. The zero-order valence-electron chi connectivity index (χ0n) is 13.4. The van der Waals surface area contributed by atoms with E-state index in [1.807, 2.05) is 60.7 Å². The highest BCUT2D eigenvalue weighted by molar-refractivity contribution is 5.95. The summed E-state index contributed by atoms with van der Waals surface area (Å²) >= 11 is 0. The van der Waals surface area contributed by atoms with Gasteiger partial charge < -0.3 is 16.4 Å². The normalized spacial score (nSPS) is 16.0. The van der Waals surface area contributed by atoms with Crippen molar-refractivity contribution >= 4 is 29.2 Å². The van der Waals surface area contributed by atoms with Crippen molar-refractivity contribution in [3.63, 3.8) is 0 Å². The molecule has 1 atom stereocenters. The Morgan fingerprint density at radius 2 is 1.68 bits per heavy atom. The van der Waals surface area contributed by atoms with E-state index < -0.39 is 0 Å². The number of nitrogen functional groups attached to an aromatic ring is 1. The van der Waals surface area contributed by atoms with Crippen molar-refractivity contribution in [3.05, 3.63) is 71.8 Å². The first kappa shape index (κ1) is 15.1. The molecule has 1 unspecified atom stereocenters. The lowest BCUT2D eigenvalue weighted by Gasteiger charge is -2.26. The molecule has 4 N–H and O–H groups in total. The highest BCUT2D eigenvalue weighted by Gasteiger charge is 2.30. The molecular weight excluding hydrogens is 314 g/mol. The van der Waals surface area contributed by atoms with Gasteiger partial charge in [-0.05, 0) is 17.7 Å². The number of rotatable bonds is 3. The van der Waals surface area contributed by atoms with Crippen molar-refractivity contribution in [1.82, 2.24) is 9.97 Å². The van der Waals surface area contributed by atoms with Crippen molar-refractivity contribution in [3.8, 4) is 0 Å². The van der Waals surface area contributed by atoms with Crippen molar-refractivity contribution in [2.45, 2.75) is 12.3 Å². The molecule has 0 saturated heterocycles. The van der Waals surface area contributed by atoms with Gasteiger partial charge in [0.05, 0.1) is 0 Å². The molecule has 1 amide bonds. The fourth-order valence-corrected chi connectivity index (χ4v) is 3.07. The zero-order chi connectivity index (χ0) is 17.2. The van der Waals surface area contributed by atoms with Gasteiger partial charge in [-0.3, -0.25) is 4.79 Å². The van der Waals surface area contributed by atoms with Crippen LogP contribution in [-0.2, 0) is 4.79 Å². The van der Waals surface area contributed by atoms with E-state index in [4.69, 9.17) is 5.73 Å². The van der Waals surface area contributed by atoms with Gasteiger partial charge in [0.25, 0.3) is 0 Å². The average molecular weight is 331 g/mol. The van der Waals surface area contributed by atoms with Crippen molar-refractivity contribution < 1.29 is 4.79 Å². The topological polar surface area (TPSA) is 92.9 Å². The number of nitrogens with two attached hydrogens (primary N) is 1. The lowest BCUT2D eigenvalue weighted by Crippen LogP contribution is -2.26. The molecule has 124 valence electrons. The van der Waals surface area contributed by atoms with Crippen LogP contribution in [-0.4, -0.2) is 15.9 Å². The summed E-state index contributed by atoms with van der Waals surface area (Å²) in [7, 11) is 0. The maximum atomic E-state index is 12.2. The summed E-state index contributed by atoms with van der Waals surface area (Å²) in [6.45, 7) is 0. The van der Waals surface area contributed by atoms with Crippen LogP contribution in [0.3, 0.4) is 0 Å². The number of fused-ring (bicyclic) bond motifs is 1. The third kappa shape index (κ3) is 3.01. The number of nitrogens with zero attached hydrogens (tertiary/aromatic N) is 2. The summed E-state index contributed by atoms with van der Waals surface area (Å²) in [5, 5.41) is 5.93. The molecule has 6 nitrogen and oxygen atoms in total. The first-order valence-electron chi connectivity index (χ1n) is 8.05. The molecule has 2 aromatic carbocycles. The van der Waals surface area contributed by atoms with Gasteiger partial charge in [0.2, 0.25) is 11.9 Å². The Balaban J connectivity index is 1.75. The van der Waals surface area contributed by atoms with E-state index in [1.165, 1.54) is 0 Å². The second-order valence-electron chi connectivity index (χ2n) is 5.90. The monoisotopic (exact) mass is 331 g/mol. The molecule has 2 heterocycles. The van der Waals surface area contributed by atoms with E-state index in [0.717, 1.165) is 16.8 Å². The Bertz CT molecular complexity index is 912. The molecule has 0 radical (unpaired) electrons. The summed E-state index contributed by atoms with van der Waals surface area (Å²) in [6, 6.07) is 19.4. The van der Waals surface area contributed by atoms with E-state index in [9.17, 15) is 4.79 Å². The smallest absolute Gasteiger partial charge is 0.231 e. The standard InChI is InChI=1S/C19H17N5O/c20-17-16-14(12-7-3-1-4-8-12)11-15(25)22-18(16)24-19(23-17)21-13-9-5-2-6-10-13/h1-10,14H,11H2,(H4,20,21,22,23,24,25). The number of hydrogen-bond donors (Lipinski definition) is 3. The summed E-state index contributed by atoms with van der Waals surface area (Å²) in [4.78, 5) is 21.0. The molecule has 1 aliphatic heterocycles. The maximum Gasteiger partial charge on any atom is 0.231 e. The maximum absolute atomic E-state index is 12.2. The number of para-hydroxylation sites is 1. The van der Waals surface area contributed by atoms with E-state index in [2.05, 4.69) is 20.6 Å². The highest BCUT2D eigenvalue weighted by Crippen LogP contribution is 2.39. The number of benzene rings is 2. The predicted octanol–water partition coefficient (Wildman–Crippen LogP) is 3.28. The molecule has 1 aliphatic rings. The van der Waals surface area contributed by atoms with Gasteiger partial charge in [0.1, 0.15) is 11.6 Å². The van der Waals surface area contributed by atoms with E-state index in [-0.39, 0.29) is 11.8 Å². The van der Waals surface area contributed by atoms with Gasteiger partial charge in [-0.1, -0.05) is 48.5 Å². The van der Waals surface area contributed by atoms with Crippen LogP contribution in [0.25, 0.3) is 0 Å². The van der Waals surface area contributed by atoms with Gasteiger partial charge in [-0.25, -0.2) is 0 Å². The number of hydrogen-bond acceptors (Lipinski definition) is 5. The molecule has 0 bridgehead atoms. The average Bonchev–Trinajstić information content (AvgIpc) is 2.62. The van der Waals surface area contributed by atoms with Crippen LogP contribution in [0.5, 0.6) is 0 Å². The molecule has 1 aromatic heterocycles. The van der Waals surface area contributed by atoms with Crippen molar-refractivity contribution in [2.24, 2.45) is 0 Å². The third-order valence-corrected chi connectivity index (χ3v) is 4.20. The van der Waals surface area contributed by atoms with Gasteiger partial charge >= 0.3 is 0 Å². The van der Waals surface area contributed by atoms with Crippen molar-refractivity contribution in [1.29, 1.82) is 0 Å². The summed E-state index contributed by atoms with van der Waals surface area (Å²) < 4.78 is 0. The van der Waals surface area contributed by atoms with Gasteiger partial charge in [0.15, 0.2) is 0 Å². The van der Waals surface area contributed by atoms with Gasteiger partial charge in [-0.2, -0.15) is 9.97 Å². The van der Waals surface area contributed by atoms with Crippen LogP contribution in [0.15, 0.2) is 60.7 Å². The Kier molecular flexibility index (Phi) is 3.78. The van der Waals surface area contributed by atoms with E-state index >= 15 is 0 Å². The minimum absolute atomic E-state index is 0.0786. The molecule has 0 spiro atoms. The summed E-state index contributed by atoms with van der Waals surface area (Å²) in [5.74, 6) is 0.977. The van der Waals surface area contributed by atoms with Crippen LogP contribution in [0.2, 0.25) is 0 Å². The molecule has 0 fully saturated rings. The zero-order valence-corrected chi connectivity index (χ0v) is 13.4.